The highest BCUT2D eigenvalue weighted by Crippen LogP contribution is 2.46. The minimum atomic E-state index is -1.22. The number of rotatable bonds is 18. The molecule has 0 amide bonds. The predicted molar refractivity (Wildman–Crippen MR) is 323 cm³/mol. The van der Waals surface area contributed by atoms with E-state index < -0.39 is 23.4 Å². The second kappa shape index (κ2) is 29.4. The van der Waals surface area contributed by atoms with E-state index in [0.717, 1.165) is 134 Å². The molecule has 0 aliphatic heterocycles. The van der Waals surface area contributed by atoms with E-state index in [1.54, 1.807) is 40.6 Å². The third-order valence-corrected chi connectivity index (χ3v) is 13.6. The van der Waals surface area contributed by atoms with Gasteiger partial charge in [0.2, 0.25) is 0 Å². The molecule has 0 atom stereocenters. The molecule has 20 heteroatoms. The van der Waals surface area contributed by atoms with Crippen LogP contribution in [0.3, 0.4) is 0 Å². The van der Waals surface area contributed by atoms with Gasteiger partial charge in [0.15, 0.2) is 11.5 Å². The number of aromatic nitrogens is 2. The molecule has 0 spiro atoms. The van der Waals surface area contributed by atoms with Crippen LogP contribution in [0.4, 0.5) is 22.7 Å². The minimum absolute atomic E-state index is 0.160. The lowest BCUT2D eigenvalue weighted by Gasteiger charge is -2.26. The van der Waals surface area contributed by atoms with Gasteiger partial charge in [0.1, 0.15) is 68.2 Å². The van der Waals surface area contributed by atoms with Crippen LogP contribution >= 0.6 is 0 Å². The van der Waals surface area contributed by atoms with Crippen molar-refractivity contribution in [3.63, 3.8) is 0 Å². The number of hydrogen-bond acceptors (Lipinski definition) is 18. The van der Waals surface area contributed by atoms with E-state index in [9.17, 15) is 19.8 Å². The van der Waals surface area contributed by atoms with Crippen LogP contribution in [0.15, 0.2) is 97.1 Å². The standard InChI is InChI=1S/C25H33N3O3.C24H31N3O3.2C7H6O4/c1-8-28(9-2)15-18-13-19(10-11-21(18)29)27(5)20-14-22(30-6)24-23(25(20)31-7)16(3)12-17(4)26-24;1-7-27(8-2)14-17-12-18(9-10-20(17)28)26-19-13-21(29-5)23-22(24(19)30-6)15(3)11-16(4)25-23;2*8-4-1-2-5(7(10)11)6(9)3-4/h10-14,29H,8-9,15H2,1-7H3;9-13,26,28H,7-8,14H2,1-6H3;2*1-3,8-9H,(H,10,11). The normalized spacial score (nSPS) is 10.7. The fraction of sp³-hybridized carbons (Fsp3) is 0.302. The molecule has 0 fully saturated rings. The predicted octanol–water partition coefficient (Wildman–Crippen LogP) is 11.9. The third-order valence-electron chi connectivity index (χ3n) is 13.6. The Morgan fingerprint density at radius 3 is 1.36 bits per heavy atom. The zero-order chi connectivity index (χ0) is 61.4. The van der Waals surface area contributed by atoms with Crippen LogP contribution in [0.25, 0.3) is 21.8 Å². The van der Waals surface area contributed by atoms with Crippen LogP contribution in [0.5, 0.6) is 57.5 Å². The number of anilines is 4. The van der Waals surface area contributed by atoms with E-state index in [1.165, 1.54) is 12.1 Å². The number of hydrogen-bond donors (Lipinski definition) is 9. The van der Waals surface area contributed by atoms with Crippen molar-refractivity contribution in [2.24, 2.45) is 0 Å². The Bertz CT molecular complexity index is 3510. The maximum Gasteiger partial charge on any atom is 0.339 e. The quantitative estimate of drug-likeness (QED) is 0.0361. The van der Waals surface area contributed by atoms with Crippen molar-refractivity contribution >= 4 is 56.5 Å². The largest absolute Gasteiger partial charge is 0.508 e. The number of carbonyl (C=O) groups is 2. The molecule has 0 unspecified atom stereocenters. The number of carboxylic acids is 2. The summed E-state index contributed by atoms with van der Waals surface area (Å²) < 4.78 is 23.0. The number of ether oxygens (including phenoxy) is 4. The number of benzene rings is 6. The second-order valence-corrected chi connectivity index (χ2v) is 19.2. The van der Waals surface area contributed by atoms with Crippen LogP contribution < -0.4 is 29.2 Å². The number of aromatic hydroxyl groups is 6. The van der Waals surface area contributed by atoms with Crippen molar-refractivity contribution in [3.05, 3.63) is 142 Å². The molecule has 8 aromatic rings. The van der Waals surface area contributed by atoms with Gasteiger partial charge >= 0.3 is 11.9 Å². The molecule has 0 aliphatic rings. The van der Waals surface area contributed by atoms with E-state index in [4.69, 9.17) is 54.6 Å². The first-order chi connectivity index (χ1) is 39.5. The summed E-state index contributed by atoms with van der Waals surface area (Å²) in [5, 5.41) is 78.3. The SMILES string of the molecule is CCN(CC)Cc1cc(N(C)c2cc(OC)c3nc(C)cc(C)c3c2OC)ccc1O.CCN(CC)Cc1cc(Nc2cc(OC)c3nc(C)cc(C)c3c2OC)ccc1O.O=C(O)c1ccc(O)cc1O.O=C(O)c1ccc(O)cc1O. The molecule has 2 aromatic heterocycles. The Kier molecular flexibility index (Phi) is 22.8. The zero-order valence-electron chi connectivity index (χ0n) is 49.2. The number of aromatic carboxylic acids is 2. The summed E-state index contributed by atoms with van der Waals surface area (Å²) in [5.41, 5.74) is 10.4. The first-order valence-corrected chi connectivity index (χ1v) is 26.6. The minimum Gasteiger partial charge on any atom is -0.508 e. The Morgan fingerprint density at radius 2 is 0.940 bits per heavy atom. The molecule has 0 saturated heterocycles. The molecule has 0 aliphatic carbocycles. The van der Waals surface area contributed by atoms with Gasteiger partial charge in [0, 0.05) is 78.3 Å². The monoisotopic (exact) mass is 1140 g/mol. The van der Waals surface area contributed by atoms with Crippen molar-refractivity contribution in [3.8, 4) is 57.5 Å². The molecule has 0 bridgehead atoms. The van der Waals surface area contributed by atoms with Crippen molar-refractivity contribution in [2.45, 2.75) is 68.5 Å². The second-order valence-electron chi connectivity index (χ2n) is 19.2. The summed E-state index contributed by atoms with van der Waals surface area (Å²) in [6.07, 6.45) is 0. The van der Waals surface area contributed by atoms with Crippen LogP contribution in [0.2, 0.25) is 0 Å². The first kappa shape index (κ1) is 64.4. The lowest BCUT2D eigenvalue weighted by Crippen LogP contribution is -2.22. The fourth-order valence-electron chi connectivity index (χ4n) is 9.23. The van der Waals surface area contributed by atoms with Gasteiger partial charge in [-0.1, -0.05) is 27.7 Å². The highest BCUT2D eigenvalue weighted by atomic mass is 16.5. The molecule has 83 heavy (non-hydrogen) atoms. The number of aryl methyl sites for hydroxylation is 4. The van der Waals surface area contributed by atoms with Gasteiger partial charge in [0.05, 0.1) is 50.6 Å². The maximum absolute atomic E-state index is 10.4. The average Bonchev–Trinajstić information content (AvgIpc) is 3.37. The Balaban J connectivity index is 0.000000224. The van der Waals surface area contributed by atoms with Gasteiger partial charge in [-0.2, -0.15) is 0 Å². The molecule has 6 aromatic carbocycles. The van der Waals surface area contributed by atoms with Crippen molar-refractivity contribution in [1.82, 2.24) is 19.8 Å². The van der Waals surface area contributed by atoms with Gasteiger partial charge in [0.25, 0.3) is 0 Å². The molecule has 0 radical (unpaired) electrons. The van der Waals surface area contributed by atoms with Gasteiger partial charge in [-0.25, -0.2) is 19.6 Å². The van der Waals surface area contributed by atoms with Gasteiger partial charge in [-0.3, -0.25) is 9.80 Å². The molecular formula is C63H76N6O14. The maximum atomic E-state index is 10.4. The van der Waals surface area contributed by atoms with E-state index in [2.05, 4.69) is 65.7 Å². The van der Waals surface area contributed by atoms with Crippen LogP contribution in [0.1, 0.15) is 82.1 Å². The van der Waals surface area contributed by atoms with Crippen LogP contribution in [-0.4, -0.2) is 134 Å². The molecular weight excluding hydrogens is 1060 g/mol. The van der Waals surface area contributed by atoms with Gasteiger partial charge in [-0.05, 0) is 138 Å². The average molecular weight is 1140 g/mol. The van der Waals surface area contributed by atoms with E-state index >= 15 is 0 Å². The summed E-state index contributed by atoms with van der Waals surface area (Å²) in [4.78, 5) is 36.6. The molecule has 442 valence electrons. The van der Waals surface area contributed by atoms with E-state index in [0.29, 0.717) is 41.8 Å². The summed E-state index contributed by atoms with van der Waals surface area (Å²) in [5.74, 6) is -0.168. The van der Waals surface area contributed by atoms with Crippen molar-refractivity contribution < 1.29 is 69.4 Å². The van der Waals surface area contributed by atoms with E-state index in [-0.39, 0.29) is 22.6 Å². The first-order valence-electron chi connectivity index (χ1n) is 26.6. The lowest BCUT2D eigenvalue weighted by atomic mass is 10.0. The number of nitrogens with one attached hydrogen (secondary N) is 1. The summed E-state index contributed by atoms with van der Waals surface area (Å²) in [6.45, 7) is 21.6. The Hall–Kier alpha value is -9.40. The lowest BCUT2D eigenvalue weighted by molar-refractivity contribution is 0.0682. The number of carboxylic acid groups (broad SMARTS) is 2. The highest BCUT2D eigenvalue weighted by Gasteiger charge is 2.22. The van der Waals surface area contributed by atoms with Crippen molar-refractivity contribution in [1.29, 1.82) is 0 Å². The Labute approximate surface area is 483 Å². The molecule has 8 rings (SSSR count). The zero-order valence-corrected chi connectivity index (χ0v) is 49.2. The number of nitrogens with zero attached hydrogens (tertiary/aromatic N) is 5. The van der Waals surface area contributed by atoms with Gasteiger partial charge < -0.3 is 70.0 Å². The van der Waals surface area contributed by atoms with E-state index in [1.807, 2.05) is 70.3 Å². The molecule has 0 saturated carbocycles. The third kappa shape index (κ3) is 16.0. The fourth-order valence-corrected chi connectivity index (χ4v) is 9.23. The van der Waals surface area contributed by atoms with Gasteiger partial charge in [-0.15, -0.1) is 0 Å². The summed E-state index contributed by atoms with van der Waals surface area (Å²) >= 11 is 0. The van der Waals surface area contributed by atoms with Crippen molar-refractivity contribution in [2.75, 3.05) is 71.9 Å². The highest BCUT2D eigenvalue weighted by molar-refractivity contribution is 6.00. The molecule has 20 nitrogen and oxygen atoms in total. The van der Waals surface area contributed by atoms with Crippen LogP contribution in [0, 0.1) is 27.7 Å². The topological polar surface area (TPSA) is 280 Å². The Morgan fingerprint density at radius 1 is 0.506 bits per heavy atom. The summed E-state index contributed by atoms with van der Waals surface area (Å²) in [6, 6.07) is 25.8. The number of pyridine rings is 2. The number of phenols is 6. The smallest absolute Gasteiger partial charge is 0.339 e. The number of fused-ring (bicyclic) bond motifs is 2. The molecule has 2 heterocycles. The van der Waals surface area contributed by atoms with Crippen LogP contribution in [-0.2, 0) is 13.1 Å². The number of phenolic OH excluding ortho intramolecular Hbond substituents is 4. The number of methoxy groups -OCH3 is 4. The molecule has 9 N–H and O–H groups in total. The summed E-state index contributed by atoms with van der Waals surface area (Å²) in [7, 11) is 8.64.